The van der Waals surface area contributed by atoms with Gasteiger partial charge in [-0.3, -0.25) is 9.69 Å². The number of nitrogens with zero attached hydrogens (tertiary/aromatic N) is 3. The number of rotatable bonds is 6. The molecule has 4 rings (SSSR count). The van der Waals surface area contributed by atoms with Gasteiger partial charge >= 0.3 is 11.9 Å². The molecule has 1 aromatic carbocycles. The van der Waals surface area contributed by atoms with Crippen molar-refractivity contribution < 1.29 is 33.0 Å². The molecule has 13 heteroatoms. The number of carbonyl (C=O) groups is 2. The molecule has 2 aliphatic rings. The third-order valence-electron chi connectivity index (χ3n) is 5.71. The van der Waals surface area contributed by atoms with E-state index in [-0.39, 0.29) is 17.1 Å². The molecule has 0 saturated carbocycles. The maximum atomic E-state index is 14.1. The zero-order valence-electron chi connectivity index (χ0n) is 17.6. The number of thiazole rings is 1. The standard InChI is InChI=1S/C21H18ClF3N4O4S/c1-20(10-2-4-11(23)5-3-10)15(19(32)33)12(27-16(28-20)17-26-7-14(22)34-17)8-29-9-21(24,25)6-13(29)18(30)31/h2-5,7,13H,6,8-9H2,1H3,(H,27,28)(H,30,31)(H,32,33). The minimum Gasteiger partial charge on any atom is -0.480 e. The Bertz CT molecular complexity index is 1220. The van der Waals surface area contributed by atoms with Crippen molar-refractivity contribution in [1.29, 1.82) is 0 Å². The van der Waals surface area contributed by atoms with Crippen molar-refractivity contribution in [3.63, 3.8) is 0 Å². The van der Waals surface area contributed by atoms with Gasteiger partial charge in [-0.25, -0.2) is 27.9 Å². The van der Waals surface area contributed by atoms with Gasteiger partial charge in [0, 0.05) is 18.7 Å². The van der Waals surface area contributed by atoms with E-state index in [0.29, 0.717) is 14.9 Å². The largest absolute Gasteiger partial charge is 0.480 e. The SMILES string of the molecule is CC1(c2ccc(F)cc2)N=C(c2ncc(Cl)s2)NC(CN2CC(F)(F)CC2C(=O)O)=C1C(=O)O. The number of alkyl halides is 2. The molecule has 0 bridgehead atoms. The number of amidine groups is 1. The number of aliphatic imine (C=N–C) groups is 1. The zero-order chi connectivity index (χ0) is 24.8. The lowest BCUT2D eigenvalue weighted by atomic mass is 9.82. The fourth-order valence-corrected chi connectivity index (χ4v) is 5.06. The number of nitrogens with one attached hydrogen (secondary N) is 1. The van der Waals surface area contributed by atoms with Crippen molar-refractivity contribution >= 4 is 40.7 Å². The van der Waals surface area contributed by atoms with Crippen LogP contribution in [0.2, 0.25) is 4.34 Å². The number of aliphatic carboxylic acids is 2. The van der Waals surface area contributed by atoms with Crippen LogP contribution < -0.4 is 5.32 Å². The Kier molecular flexibility index (Phi) is 6.17. The van der Waals surface area contributed by atoms with Gasteiger partial charge < -0.3 is 15.5 Å². The van der Waals surface area contributed by atoms with Crippen molar-refractivity contribution in [3.8, 4) is 0 Å². The molecule has 2 aromatic rings. The highest BCUT2D eigenvalue weighted by Gasteiger charge is 2.50. The molecule has 0 aliphatic carbocycles. The van der Waals surface area contributed by atoms with Crippen LogP contribution in [0.5, 0.6) is 0 Å². The highest BCUT2D eigenvalue weighted by atomic mass is 35.5. The molecule has 0 amide bonds. The number of hydrogen-bond acceptors (Lipinski definition) is 7. The Hall–Kier alpha value is -2.96. The van der Waals surface area contributed by atoms with E-state index in [0.717, 1.165) is 28.4 Å². The van der Waals surface area contributed by atoms with Crippen LogP contribution in [0.1, 0.15) is 23.9 Å². The molecule has 1 saturated heterocycles. The number of aromatic nitrogens is 1. The van der Waals surface area contributed by atoms with Gasteiger partial charge in [-0.1, -0.05) is 35.1 Å². The summed E-state index contributed by atoms with van der Waals surface area (Å²) in [6.07, 6.45) is 0.481. The first kappa shape index (κ1) is 24.2. The molecule has 2 aliphatic heterocycles. The smallest absolute Gasteiger partial charge is 0.336 e. The fraction of sp³-hybridized carbons (Fsp3) is 0.333. The average molecular weight is 515 g/mol. The summed E-state index contributed by atoms with van der Waals surface area (Å²) >= 11 is 7.05. The number of carboxylic acid groups (broad SMARTS) is 2. The van der Waals surface area contributed by atoms with Crippen molar-refractivity contribution in [1.82, 2.24) is 15.2 Å². The normalized spacial score (nSPS) is 24.6. The lowest BCUT2D eigenvalue weighted by molar-refractivity contribution is -0.142. The van der Waals surface area contributed by atoms with Crippen LogP contribution in [0.15, 0.2) is 46.7 Å². The number of hydrogen-bond donors (Lipinski definition) is 3. The lowest BCUT2D eigenvalue weighted by Crippen LogP contribution is -2.46. The summed E-state index contributed by atoms with van der Waals surface area (Å²) in [6, 6.07) is 3.55. The lowest BCUT2D eigenvalue weighted by Gasteiger charge is -2.35. The van der Waals surface area contributed by atoms with Gasteiger partial charge in [0.2, 0.25) is 0 Å². The third kappa shape index (κ3) is 4.52. The molecule has 8 nitrogen and oxygen atoms in total. The van der Waals surface area contributed by atoms with Crippen LogP contribution in [-0.4, -0.2) is 62.9 Å². The summed E-state index contributed by atoms with van der Waals surface area (Å²) in [4.78, 5) is 33.8. The minimum absolute atomic E-state index is 0.0282. The van der Waals surface area contributed by atoms with Crippen molar-refractivity contribution in [2.24, 2.45) is 4.99 Å². The van der Waals surface area contributed by atoms with Gasteiger partial charge in [0.05, 0.1) is 18.3 Å². The van der Waals surface area contributed by atoms with Gasteiger partial charge in [0.1, 0.15) is 21.7 Å². The van der Waals surface area contributed by atoms with Crippen LogP contribution in [0.25, 0.3) is 0 Å². The predicted octanol–water partition coefficient (Wildman–Crippen LogP) is 3.33. The molecule has 1 aromatic heterocycles. The topological polar surface area (TPSA) is 115 Å². The molecule has 2 unspecified atom stereocenters. The van der Waals surface area contributed by atoms with Gasteiger partial charge in [0.25, 0.3) is 5.92 Å². The average Bonchev–Trinajstić information content (AvgIpc) is 3.30. The molecule has 0 radical (unpaired) electrons. The second-order valence-corrected chi connectivity index (χ2v) is 9.77. The summed E-state index contributed by atoms with van der Waals surface area (Å²) in [5.74, 6) is -6.50. The first-order chi connectivity index (χ1) is 15.9. The molecule has 3 heterocycles. The van der Waals surface area contributed by atoms with Crippen LogP contribution in [-0.2, 0) is 15.1 Å². The molecular formula is C21H18ClF3N4O4S. The Morgan fingerprint density at radius 2 is 1.97 bits per heavy atom. The van der Waals surface area contributed by atoms with Crippen LogP contribution >= 0.6 is 22.9 Å². The van der Waals surface area contributed by atoms with E-state index in [2.05, 4.69) is 15.3 Å². The Labute approximate surface area is 200 Å². The Morgan fingerprint density at radius 3 is 2.53 bits per heavy atom. The minimum atomic E-state index is -3.25. The van der Waals surface area contributed by atoms with E-state index in [4.69, 9.17) is 11.6 Å². The quantitative estimate of drug-likeness (QED) is 0.541. The van der Waals surface area contributed by atoms with E-state index in [1.807, 2.05) is 0 Å². The highest BCUT2D eigenvalue weighted by Crippen LogP contribution is 2.40. The first-order valence-corrected chi connectivity index (χ1v) is 11.2. The Morgan fingerprint density at radius 1 is 1.29 bits per heavy atom. The molecule has 34 heavy (non-hydrogen) atoms. The second-order valence-electron chi connectivity index (χ2n) is 8.11. The monoisotopic (exact) mass is 514 g/mol. The maximum Gasteiger partial charge on any atom is 0.336 e. The van der Waals surface area contributed by atoms with E-state index < -0.39 is 54.8 Å². The summed E-state index contributed by atoms with van der Waals surface area (Å²) in [5.41, 5.74) is -1.56. The molecule has 0 spiro atoms. The van der Waals surface area contributed by atoms with Gasteiger partial charge in [0.15, 0.2) is 10.8 Å². The number of carboxylic acids is 2. The van der Waals surface area contributed by atoms with Crippen LogP contribution in [0, 0.1) is 5.82 Å². The van der Waals surface area contributed by atoms with E-state index >= 15 is 0 Å². The van der Waals surface area contributed by atoms with Crippen molar-refractivity contribution in [2.75, 3.05) is 13.1 Å². The molecular weight excluding hydrogens is 497 g/mol. The van der Waals surface area contributed by atoms with Crippen LogP contribution in [0.4, 0.5) is 13.2 Å². The molecule has 180 valence electrons. The number of benzene rings is 1. The van der Waals surface area contributed by atoms with Crippen molar-refractivity contribution in [3.05, 3.63) is 62.5 Å². The van der Waals surface area contributed by atoms with Gasteiger partial charge in [-0.2, -0.15) is 0 Å². The fourth-order valence-electron chi connectivity index (χ4n) is 4.21. The third-order valence-corrected chi connectivity index (χ3v) is 6.83. The number of likely N-dealkylation sites (tertiary alicyclic amines) is 1. The summed E-state index contributed by atoms with van der Waals surface area (Å²) in [5, 5.41) is 22.7. The summed E-state index contributed by atoms with van der Waals surface area (Å²) < 4.78 is 42.1. The zero-order valence-corrected chi connectivity index (χ0v) is 19.1. The molecule has 1 fully saturated rings. The summed E-state index contributed by atoms with van der Waals surface area (Å²) in [6.45, 7) is 0.209. The van der Waals surface area contributed by atoms with E-state index in [1.54, 1.807) is 0 Å². The Balaban J connectivity index is 1.85. The van der Waals surface area contributed by atoms with E-state index in [9.17, 15) is 33.0 Å². The van der Waals surface area contributed by atoms with Gasteiger partial charge in [-0.05, 0) is 24.6 Å². The number of halogens is 4. The van der Waals surface area contributed by atoms with Gasteiger partial charge in [-0.15, -0.1) is 0 Å². The first-order valence-electron chi connectivity index (χ1n) is 9.96. The molecule has 2 atom stereocenters. The highest BCUT2D eigenvalue weighted by molar-refractivity contribution is 7.17. The predicted molar refractivity (Wildman–Crippen MR) is 118 cm³/mol. The maximum absolute atomic E-state index is 14.1. The second kappa shape index (κ2) is 8.67. The van der Waals surface area contributed by atoms with Crippen LogP contribution in [0.3, 0.4) is 0 Å². The summed E-state index contributed by atoms with van der Waals surface area (Å²) in [7, 11) is 0. The van der Waals surface area contributed by atoms with Crippen molar-refractivity contribution in [2.45, 2.75) is 30.8 Å². The molecule has 3 N–H and O–H groups in total. The van der Waals surface area contributed by atoms with E-state index in [1.165, 1.54) is 25.3 Å².